The second-order valence-electron chi connectivity index (χ2n) is 4.25. The number of rotatable bonds is 1. The lowest BCUT2D eigenvalue weighted by atomic mass is 10.1. The Bertz CT molecular complexity index is 720. The maximum Gasteiger partial charge on any atom is 0.0748 e. The van der Waals surface area contributed by atoms with Crippen molar-refractivity contribution in [3.8, 4) is 11.3 Å². The molecule has 0 aliphatic heterocycles. The van der Waals surface area contributed by atoms with Crippen molar-refractivity contribution in [1.82, 2.24) is 9.97 Å². The van der Waals surface area contributed by atoms with Gasteiger partial charge in [-0.3, -0.25) is 4.98 Å². The third-order valence-electron chi connectivity index (χ3n) is 3.03. The van der Waals surface area contributed by atoms with Gasteiger partial charge in [-0.15, -0.1) is 0 Å². The van der Waals surface area contributed by atoms with E-state index in [4.69, 9.17) is 5.73 Å². The van der Waals surface area contributed by atoms with Crippen LogP contribution in [0, 0.1) is 6.92 Å². The van der Waals surface area contributed by atoms with Gasteiger partial charge in [-0.1, -0.05) is 18.2 Å². The maximum atomic E-state index is 6.08. The molecule has 0 atom stereocenters. The molecule has 3 nitrogen and oxygen atoms in total. The van der Waals surface area contributed by atoms with E-state index in [0.717, 1.165) is 33.5 Å². The second kappa shape index (κ2) is 4.11. The minimum atomic E-state index is 0.749. The number of aryl methyl sites for hydroxylation is 1. The molecule has 0 bridgehead atoms. The van der Waals surface area contributed by atoms with E-state index >= 15 is 0 Å². The van der Waals surface area contributed by atoms with Crippen molar-refractivity contribution in [1.29, 1.82) is 0 Å². The Balaban J connectivity index is 2.28. The standard InChI is InChI=1S/C15H13N3/c1-10-11(6-4-8-17-10)15-9-13(16)12-5-2-3-7-14(12)18-15/h2-9H,1H3,(H2,16,18). The van der Waals surface area contributed by atoms with Crippen molar-refractivity contribution in [3.05, 3.63) is 54.4 Å². The molecule has 2 heterocycles. The lowest BCUT2D eigenvalue weighted by Gasteiger charge is -2.08. The van der Waals surface area contributed by atoms with Gasteiger partial charge < -0.3 is 5.73 Å². The predicted octanol–water partition coefficient (Wildman–Crippen LogP) is 3.19. The van der Waals surface area contributed by atoms with Gasteiger partial charge in [-0.05, 0) is 31.2 Å². The lowest BCUT2D eigenvalue weighted by molar-refractivity contribution is 1.19. The van der Waals surface area contributed by atoms with Crippen molar-refractivity contribution in [3.63, 3.8) is 0 Å². The van der Waals surface area contributed by atoms with E-state index in [1.807, 2.05) is 49.4 Å². The average Bonchev–Trinajstić information content (AvgIpc) is 2.39. The van der Waals surface area contributed by atoms with Crippen LogP contribution < -0.4 is 5.73 Å². The summed E-state index contributed by atoms with van der Waals surface area (Å²) in [6.45, 7) is 1.97. The number of nitrogens with zero attached hydrogens (tertiary/aromatic N) is 2. The smallest absolute Gasteiger partial charge is 0.0748 e. The Morgan fingerprint density at radius 2 is 1.89 bits per heavy atom. The number of hydrogen-bond donors (Lipinski definition) is 1. The largest absolute Gasteiger partial charge is 0.398 e. The monoisotopic (exact) mass is 235 g/mol. The second-order valence-corrected chi connectivity index (χ2v) is 4.25. The van der Waals surface area contributed by atoms with Crippen LogP contribution in [-0.2, 0) is 0 Å². The number of para-hydroxylation sites is 1. The summed E-state index contributed by atoms with van der Waals surface area (Å²) >= 11 is 0. The number of anilines is 1. The summed E-state index contributed by atoms with van der Waals surface area (Å²) in [5, 5.41) is 0.989. The Morgan fingerprint density at radius 3 is 2.72 bits per heavy atom. The molecule has 18 heavy (non-hydrogen) atoms. The first-order chi connectivity index (χ1) is 8.75. The molecular weight excluding hydrogens is 222 g/mol. The van der Waals surface area contributed by atoms with Crippen molar-refractivity contribution < 1.29 is 0 Å². The van der Waals surface area contributed by atoms with Gasteiger partial charge >= 0.3 is 0 Å². The molecule has 0 aliphatic carbocycles. The van der Waals surface area contributed by atoms with Gasteiger partial charge in [0.25, 0.3) is 0 Å². The van der Waals surface area contributed by atoms with Crippen LogP contribution in [0.1, 0.15) is 5.69 Å². The summed E-state index contributed by atoms with van der Waals surface area (Å²) in [4.78, 5) is 8.93. The number of hydrogen-bond acceptors (Lipinski definition) is 3. The number of fused-ring (bicyclic) bond motifs is 1. The molecule has 0 unspecified atom stereocenters. The van der Waals surface area contributed by atoms with Crippen LogP contribution in [0.25, 0.3) is 22.2 Å². The van der Waals surface area contributed by atoms with Gasteiger partial charge in [0.1, 0.15) is 0 Å². The Labute approximate surface area is 105 Å². The molecular formula is C15H13N3. The van der Waals surface area contributed by atoms with Crippen LogP contribution >= 0.6 is 0 Å². The van der Waals surface area contributed by atoms with Gasteiger partial charge in [-0.2, -0.15) is 0 Å². The molecule has 3 heteroatoms. The molecule has 0 fully saturated rings. The zero-order valence-corrected chi connectivity index (χ0v) is 10.1. The minimum absolute atomic E-state index is 0.749. The fourth-order valence-electron chi connectivity index (χ4n) is 2.10. The quantitative estimate of drug-likeness (QED) is 0.704. The first kappa shape index (κ1) is 10.7. The first-order valence-electron chi connectivity index (χ1n) is 5.83. The van der Waals surface area contributed by atoms with Crippen LogP contribution in [0.2, 0.25) is 0 Å². The van der Waals surface area contributed by atoms with Gasteiger partial charge in [-0.25, -0.2) is 4.98 Å². The summed E-state index contributed by atoms with van der Waals surface area (Å²) in [6.07, 6.45) is 1.78. The minimum Gasteiger partial charge on any atom is -0.398 e. The normalized spacial score (nSPS) is 10.7. The predicted molar refractivity (Wildman–Crippen MR) is 74.1 cm³/mol. The fraction of sp³-hybridized carbons (Fsp3) is 0.0667. The fourth-order valence-corrected chi connectivity index (χ4v) is 2.10. The van der Waals surface area contributed by atoms with E-state index in [0.29, 0.717) is 0 Å². The highest BCUT2D eigenvalue weighted by molar-refractivity contribution is 5.92. The molecule has 0 saturated carbocycles. The summed E-state index contributed by atoms with van der Waals surface area (Å²) in [5.41, 5.74) is 10.6. The number of benzene rings is 1. The van der Waals surface area contributed by atoms with Gasteiger partial charge in [0.2, 0.25) is 0 Å². The lowest BCUT2D eigenvalue weighted by Crippen LogP contribution is -1.94. The van der Waals surface area contributed by atoms with E-state index in [-0.39, 0.29) is 0 Å². The van der Waals surface area contributed by atoms with Gasteiger partial charge in [0.05, 0.1) is 11.2 Å². The number of nitrogen functional groups attached to an aromatic ring is 1. The summed E-state index contributed by atoms with van der Waals surface area (Å²) < 4.78 is 0. The van der Waals surface area contributed by atoms with Gasteiger partial charge in [0, 0.05) is 28.5 Å². The Kier molecular flexibility index (Phi) is 2.45. The van der Waals surface area contributed by atoms with E-state index in [9.17, 15) is 0 Å². The van der Waals surface area contributed by atoms with Crippen LogP contribution in [-0.4, -0.2) is 9.97 Å². The molecule has 3 aromatic rings. The molecule has 3 rings (SSSR count). The van der Waals surface area contributed by atoms with Crippen molar-refractivity contribution in [2.75, 3.05) is 5.73 Å². The van der Waals surface area contributed by atoms with Crippen molar-refractivity contribution >= 4 is 16.6 Å². The molecule has 1 aromatic carbocycles. The molecule has 0 radical (unpaired) electrons. The molecule has 0 amide bonds. The first-order valence-corrected chi connectivity index (χ1v) is 5.83. The Hall–Kier alpha value is -2.42. The highest BCUT2D eigenvalue weighted by Crippen LogP contribution is 2.27. The van der Waals surface area contributed by atoms with E-state index < -0.39 is 0 Å². The topological polar surface area (TPSA) is 51.8 Å². The van der Waals surface area contributed by atoms with Gasteiger partial charge in [0.15, 0.2) is 0 Å². The summed E-state index contributed by atoms with van der Waals surface area (Å²) in [5.74, 6) is 0. The average molecular weight is 235 g/mol. The Morgan fingerprint density at radius 1 is 1.06 bits per heavy atom. The van der Waals surface area contributed by atoms with Crippen molar-refractivity contribution in [2.45, 2.75) is 6.92 Å². The highest BCUT2D eigenvalue weighted by Gasteiger charge is 2.07. The van der Waals surface area contributed by atoms with Crippen molar-refractivity contribution in [2.24, 2.45) is 0 Å². The van der Waals surface area contributed by atoms with Crippen LogP contribution in [0.15, 0.2) is 48.7 Å². The molecule has 2 aromatic heterocycles. The number of nitrogens with two attached hydrogens (primary N) is 1. The third-order valence-corrected chi connectivity index (χ3v) is 3.03. The summed E-state index contributed by atoms with van der Waals surface area (Å²) in [6, 6.07) is 13.7. The van der Waals surface area contributed by atoms with Crippen LogP contribution in [0.4, 0.5) is 5.69 Å². The molecule has 0 spiro atoms. The van der Waals surface area contributed by atoms with Crippen LogP contribution in [0.3, 0.4) is 0 Å². The van der Waals surface area contributed by atoms with E-state index in [1.165, 1.54) is 0 Å². The maximum absolute atomic E-state index is 6.08. The molecule has 2 N–H and O–H groups in total. The molecule has 88 valence electrons. The molecule has 0 aliphatic rings. The summed E-state index contributed by atoms with van der Waals surface area (Å²) in [7, 11) is 0. The van der Waals surface area contributed by atoms with E-state index in [2.05, 4.69) is 9.97 Å². The highest BCUT2D eigenvalue weighted by atomic mass is 14.7. The SMILES string of the molecule is Cc1ncccc1-c1cc(N)c2ccccc2n1. The number of pyridine rings is 2. The zero-order valence-electron chi connectivity index (χ0n) is 10.1. The zero-order chi connectivity index (χ0) is 12.5. The van der Waals surface area contributed by atoms with E-state index in [1.54, 1.807) is 6.20 Å². The van der Waals surface area contributed by atoms with Crippen LogP contribution in [0.5, 0.6) is 0 Å². The number of aromatic nitrogens is 2. The molecule has 0 saturated heterocycles. The third kappa shape index (κ3) is 1.70.